The Morgan fingerprint density at radius 2 is 1.65 bits per heavy atom. The molecule has 0 heterocycles. The van der Waals surface area contributed by atoms with Crippen molar-refractivity contribution in [1.82, 2.24) is 10.0 Å². The Balaban J connectivity index is 3.44. The van der Waals surface area contributed by atoms with Gasteiger partial charge in [-0.25, -0.2) is 0 Å². The Morgan fingerprint density at radius 3 is 2.29 bits per heavy atom. The van der Waals surface area contributed by atoms with Crippen LogP contribution in [-0.4, -0.2) is 22.3 Å². The first-order valence-electron chi connectivity index (χ1n) is 6.42. The van der Waals surface area contributed by atoms with Gasteiger partial charge in [0.1, 0.15) is 9.98 Å². The van der Waals surface area contributed by atoms with Crippen molar-refractivity contribution in [2.45, 2.75) is 52.4 Å². The van der Waals surface area contributed by atoms with E-state index in [2.05, 4.69) is 23.9 Å². The zero-order chi connectivity index (χ0) is 12.9. The molecule has 2 N–H and O–H groups in total. The Labute approximate surface area is 121 Å². The molecule has 0 aromatic heterocycles. The largest absolute Gasteiger partial charge is 0.374 e. The highest BCUT2D eigenvalue weighted by Crippen LogP contribution is 2.00. The summed E-state index contributed by atoms with van der Waals surface area (Å²) in [5, 5.41) is 3.20. The predicted octanol–water partition coefficient (Wildman–Crippen LogP) is 3.85. The Bertz CT molecular complexity index is 220. The quantitative estimate of drug-likeness (QED) is 0.382. The van der Waals surface area contributed by atoms with E-state index in [4.69, 9.17) is 24.4 Å². The van der Waals surface area contributed by atoms with Crippen molar-refractivity contribution in [1.29, 1.82) is 0 Å². The standard InChI is InChI=1S/C12H24N2S3/c1-3-5-7-8-9-13-11(15)12(16)14-17-10-6-4-2/h3-10H2,1-2H3,(H,13,15)(H,14,16). The van der Waals surface area contributed by atoms with E-state index in [0.29, 0.717) is 9.98 Å². The van der Waals surface area contributed by atoms with Crippen molar-refractivity contribution in [2.24, 2.45) is 0 Å². The molecular formula is C12H24N2S3. The minimum atomic E-state index is 0.664. The number of nitrogens with one attached hydrogen (secondary N) is 2. The van der Waals surface area contributed by atoms with Gasteiger partial charge in [0.25, 0.3) is 0 Å². The topological polar surface area (TPSA) is 24.1 Å². The van der Waals surface area contributed by atoms with Gasteiger partial charge in [-0.05, 0) is 12.8 Å². The maximum atomic E-state index is 5.20. The molecule has 0 saturated heterocycles. The van der Waals surface area contributed by atoms with E-state index in [1.54, 1.807) is 11.9 Å². The third-order valence-corrected chi connectivity index (χ3v) is 4.04. The fraction of sp³-hybridized carbons (Fsp3) is 0.833. The molecule has 0 aliphatic heterocycles. The molecule has 5 heteroatoms. The van der Waals surface area contributed by atoms with Crippen LogP contribution in [0.2, 0.25) is 0 Å². The van der Waals surface area contributed by atoms with Crippen molar-refractivity contribution in [3.63, 3.8) is 0 Å². The first-order chi connectivity index (χ1) is 8.22. The van der Waals surface area contributed by atoms with Crippen LogP contribution in [0.3, 0.4) is 0 Å². The number of unbranched alkanes of at least 4 members (excludes halogenated alkanes) is 4. The van der Waals surface area contributed by atoms with Gasteiger partial charge in [0.2, 0.25) is 0 Å². The van der Waals surface area contributed by atoms with Crippen molar-refractivity contribution >= 4 is 46.4 Å². The third-order valence-electron chi connectivity index (χ3n) is 2.29. The summed E-state index contributed by atoms with van der Waals surface area (Å²) in [6, 6.07) is 0. The Hall–Kier alpha value is 0.130. The smallest absolute Gasteiger partial charge is 0.143 e. The normalized spacial score (nSPS) is 10.0. The number of hydrogen-bond donors (Lipinski definition) is 2. The zero-order valence-corrected chi connectivity index (χ0v) is 13.3. The van der Waals surface area contributed by atoms with E-state index in [1.165, 1.54) is 38.5 Å². The molecule has 17 heavy (non-hydrogen) atoms. The highest BCUT2D eigenvalue weighted by Gasteiger charge is 2.02. The Kier molecular flexibility index (Phi) is 12.7. The molecule has 0 amide bonds. The summed E-state index contributed by atoms with van der Waals surface area (Å²) in [5.41, 5.74) is 0. The van der Waals surface area contributed by atoms with Gasteiger partial charge in [-0.2, -0.15) is 0 Å². The lowest BCUT2D eigenvalue weighted by Crippen LogP contribution is -2.34. The van der Waals surface area contributed by atoms with Crippen LogP contribution in [0.4, 0.5) is 0 Å². The van der Waals surface area contributed by atoms with Crippen LogP contribution in [0.15, 0.2) is 0 Å². The van der Waals surface area contributed by atoms with Crippen LogP contribution in [0, 0.1) is 0 Å². The summed E-state index contributed by atoms with van der Waals surface area (Å²) in [5.74, 6) is 1.08. The Morgan fingerprint density at radius 1 is 0.941 bits per heavy atom. The van der Waals surface area contributed by atoms with Gasteiger partial charge < -0.3 is 10.0 Å². The fourth-order valence-corrected chi connectivity index (χ4v) is 2.45. The van der Waals surface area contributed by atoms with Crippen molar-refractivity contribution in [3.05, 3.63) is 0 Å². The third kappa shape index (κ3) is 11.0. The van der Waals surface area contributed by atoms with E-state index in [0.717, 1.165) is 12.3 Å². The molecule has 2 nitrogen and oxygen atoms in total. The van der Waals surface area contributed by atoms with Crippen LogP contribution in [-0.2, 0) is 0 Å². The molecule has 0 atom stereocenters. The summed E-state index contributed by atoms with van der Waals surface area (Å²) in [4.78, 5) is 1.34. The number of hydrogen-bond acceptors (Lipinski definition) is 3. The summed E-state index contributed by atoms with van der Waals surface area (Å²) >= 11 is 12.0. The molecule has 0 aliphatic carbocycles. The summed E-state index contributed by atoms with van der Waals surface area (Å²) < 4.78 is 3.11. The van der Waals surface area contributed by atoms with Gasteiger partial charge in [0.05, 0.1) is 0 Å². The van der Waals surface area contributed by atoms with Crippen molar-refractivity contribution in [2.75, 3.05) is 12.3 Å². The fourth-order valence-electron chi connectivity index (χ4n) is 1.21. The molecule has 0 bridgehead atoms. The molecule has 0 aromatic carbocycles. The van der Waals surface area contributed by atoms with E-state index >= 15 is 0 Å². The second-order valence-electron chi connectivity index (χ2n) is 3.95. The van der Waals surface area contributed by atoms with Crippen LogP contribution < -0.4 is 10.0 Å². The highest BCUT2D eigenvalue weighted by molar-refractivity contribution is 7.99. The second-order valence-corrected chi connectivity index (χ2v) is 5.67. The van der Waals surface area contributed by atoms with Gasteiger partial charge in [-0.3, -0.25) is 0 Å². The predicted molar refractivity (Wildman–Crippen MR) is 87.8 cm³/mol. The van der Waals surface area contributed by atoms with Crippen LogP contribution in [0.5, 0.6) is 0 Å². The SMILES string of the molecule is CCCCCCNC(=S)C(=S)NSCCCC. The lowest BCUT2D eigenvalue weighted by Gasteiger charge is -2.10. The van der Waals surface area contributed by atoms with Crippen LogP contribution >= 0.6 is 36.4 Å². The van der Waals surface area contributed by atoms with E-state index < -0.39 is 0 Å². The average molecular weight is 293 g/mol. The molecular weight excluding hydrogens is 268 g/mol. The molecule has 0 aromatic rings. The van der Waals surface area contributed by atoms with Crippen molar-refractivity contribution in [3.8, 4) is 0 Å². The first kappa shape index (κ1) is 17.1. The van der Waals surface area contributed by atoms with Gasteiger partial charge in [0, 0.05) is 12.3 Å². The van der Waals surface area contributed by atoms with Crippen LogP contribution in [0.25, 0.3) is 0 Å². The maximum Gasteiger partial charge on any atom is 0.143 e. The molecule has 0 unspecified atom stereocenters. The molecule has 100 valence electrons. The van der Waals surface area contributed by atoms with E-state index in [-0.39, 0.29) is 0 Å². The summed E-state index contributed by atoms with van der Waals surface area (Å²) in [6.07, 6.45) is 7.40. The minimum absolute atomic E-state index is 0.664. The van der Waals surface area contributed by atoms with Gasteiger partial charge in [-0.15, -0.1) is 0 Å². The second kappa shape index (κ2) is 12.6. The van der Waals surface area contributed by atoms with E-state index in [9.17, 15) is 0 Å². The number of rotatable bonds is 9. The first-order valence-corrected chi connectivity index (χ1v) is 8.22. The van der Waals surface area contributed by atoms with Gasteiger partial charge in [-0.1, -0.05) is 75.9 Å². The lowest BCUT2D eigenvalue weighted by atomic mass is 10.2. The van der Waals surface area contributed by atoms with Crippen molar-refractivity contribution < 1.29 is 0 Å². The summed E-state index contributed by atoms with van der Waals surface area (Å²) in [7, 11) is 0. The zero-order valence-electron chi connectivity index (χ0n) is 10.9. The van der Waals surface area contributed by atoms with Crippen LogP contribution in [0.1, 0.15) is 52.4 Å². The molecule has 0 aliphatic rings. The summed E-state index contributed by atoms with van der Waals surface area (Å²) in [6.45, 7) is 5.33. The molecule has 0 rings (SSSR count). The van der Waals surface area contributed by atoms with Gasteiger partial charge in [0.15, 0.2) is 0 Å². The average Bonchev–Trinajstić information content (AvgIpc) is 2.34. The molecule has 0 spiro atoms. The van der Waals surface area contributed by atoms with E-state index in [1.807, 2.05) is 0 Å². The maximum absolute atomic E-state index is 5.20. The molecule has 0 fully saturated rings. The molecule has 0 saturated carbocycles. The highest BCUT2D eigenvalue weighted by atomic mass is 32.2. The minimum Gasteiger partial charge on any atom is -0.374 e. The lowest BCUT2D eigenvalue weighted by molar-refractivity contribution is 0.656. The number of thiocarbonyl (C=S) groups is 2. The molecule has 0 radical (unpaired) electrons. The monoisotopic (exact) mass is 292 g/mol. The van der Waals surface area contributed by atoms with Gasteiger partial charge >= 0.3 is 0 Å².